The van der Waals surface area contributed by atoms with E-state index in [1.807, 2.05) is 18.2 Å². The van der Waals surface area contributed by atoms with Gasteiger partial charge in [-0.25, -0.2) is 0 Å². The number of halogens is 3. The van der Waals surface area contributed by atoms with Crippen LogP contribution in [0.5, 0.6) is 0 Å². The highest BCUT2D eigenvalue weighted by Gasteiger charge is 2.53. The second kappa shape index (κ2) is 4.60. The summed E-state index contributed by atoms with van der Waals surface area (Å²) >= 11 is 0. The average Bonchev–Trinajstić information content (AvgIpc) is 3.07. The number of hydrogen-bond donors (Lipinski definition) is 0. The van der Waals surface area contributed by atoms with Crippen LogP contribution in [-0.2, 0) is 11.7 Å². The fourth-order valence-corrected chi connectivity index (χ4v) is 3.94. The zero-order chi connectivity index (χ0) is 16.2. The topological polar surface area (TPSA) is 20.3 Å². The second-order valence-electron chi connectivity index (χ2n) is 6.04. The van der Waals surface area contributed by atoms with Gasteiger partial charge in [-0.3, -0.25) is 4.79 Å². The van der Waals surface area contributed by atoms with Crippen LogP contribution in [0.3, 0.4) is 0 Å². The number of hydrogen-bond acceptors (Lipinski definition) is 1. The van der Waals surface area contributed by atoms with Gasteiger partial charge in [-0.1, -0.05) is 30.3 Å². The van der Waals surface area contributed by atoms with E-state index >= 15 is 0 Å². The molecule has 1 atom stereocenters. The van der Waals surface area contributed by atoms with Crippen LogP contribution >= 0.6 is 0 Å². The van der Waals surface area contributed by atoms with Gasteiger partial charge in [0.25, 0.3) is 5.91 Å². The molecule has 5 heteroatoms. The van der Waals surface area contributed by atoms with Crippen molar-refractivity contribution < 1.29 is 18.0 Å². The Bertz CT molecular complexity index is 782. The molecule has 1 unspecified atom stereocenters. The Hall–Kier alpha value is -2.30. The molecule has 2 nitrogen and oxygen atoms in total. The van der Waals surface area contributed by atoms with Crippen molar-refractivity contribution in [3.8, 4) is 0 Å². The monoisotopic (exact) mass is 317 g/mol. The van der Waals surface area contributed by atoms with Crippen LogP contribution in [0, 0.1) is 0 Å². The summed E-state index contributed by atoms with van der Waals surface area (Å²) in [6, 6.07) is 12.6. The largest absolute Gasteiger partial charge is 0.416 e. The molecule has 0 aliphatic carbocycles. The van der Waals surface area contributed by atoms with E-state index in [4.69, 9.17) is 0 Å². The molecule has 2 heterocycles. The Kier molecular flexibility index (Phi) is 2.86. The van der Waals surface area contributed by atoms with Gasteiger partial charge in [0.2, 0.25) is 0 Å². The molecule has 2 aliphatic rings. The summed E-state index contributed by atoms with van der Waals surface area (Å²) < 4.78 is 38.4. The smallest absolute Gasteiger partial charge is 0.325 e. The Balaban J connectivity index is 1.88. The zero-order valence-electron chi connectivity index (χ0n) is 12.2. The SMILES string of the molecule is O=C1c2ccccc2C2(c3ccc(C(F)(F)F)cc3)CCCN12. The van der Waals surface area contributed by atoms with Gasteiger partial charge in [0.1, 0.15) is 0 Å². The molecule has 118 valence electrons. The van der Waals surface area contributed by atoms with Gasteiger partial charge in [-0.05, 0) is 42.2 Å². The van der Waals surface area contributed by atoms with Gasteiger partial charge in [-0.2, -0.15) is 13.2 Å². The van der Waals surface area contributed by atoms with Crippen molar-refractivity contribution in [1.29, 1.82) is 0 Å². The Morgan fingerprint density at radius 3 is 2.39 bits per heavy atom. The van der Waals surface area contributed by atoms with Crippen molar-refractivity contribution in [3.05, 3.63) is 70.8 Å². The van der Waals surface area contributed by atoms with E-state index in [0.29, 0.717) is 12.1 Å². The van der Waals surface area contributed by atoms with Crippen LogP contribution in [0.25, 0.3) is 0 Å². The Morgan fingerprint density at radius 1 is 1.00 bits per heavy atom. The lowest BCUT2D eigenvalue weighted by Crippen LogP contribution is -2.39. The summed E-state index contributed by atoms with van der Waals surface area (Å²) in [7, 11) is 0. The molecule has 0 radical (unpaired) electrons. The number of nitrogens with zero attached hydrogens (tertiary/aromatic N) is 1. The maximum absolute atomic E-state index is 12.8. The van der Waals surface area contributed by atoms with Crippen molar-refractivity contribution in [3.63, 3.8) is 0 Å². The minimum atomic E-state index is -4.35. The first-order valence-corrected chi connectivity index (χ1v) is 7.54. The van der Waals surface area contributed by atoms with Gasteiger partial charge in [0.15, 0.2) is 0 Å². The summed E-state index contributed by atoms with van der Waals surface area (Å²) in [6.45, 7) is 0.633. The number of benzene rings is 2. The molecule has 1 saturated heterocycles. The third-order valence-corrected chi connectivity index (χ3v) is 4.92. The molecule has 2 aromatic rings. The first-order chi connectivity index (χ1) is 10.9. The fourth-order valence-electron chi connectivity index (χ4n) is 3.94. The molecule has 1 amide bonds. The zero-order valence-corrected chi connectivity index (χ0v) is 12.2. The molecule has 4 rings (SSSR count). The number of rotatable bonds is 1. The van der Waals surface area contributed by atoms with Crippen LogP contribution in [0.2, 0.25) is 0 Å². The molecular weight excluding hydrogens is 303 g/mol. The van der Waals surface area contributed by atoms with Gasteiger partial charge in [-0.15, -0.1) is 0 Å². The highest BCUT2D eigenvalue weighted by Crippen LogP contribution is 2.51. The number of fused-ring (bicyclic) bond motifs is 3. The highest BCUT2D eigenvalue weighted by molar-refractivity contribution is 6.01. The Labute approximate surface area is 131 Å². The van der Waals surface area contributed by atoms with Crippen molar-refractivity contribution in [2.45, 2.75) is 24.6 Å². The molecule has 0 aromatic heterocycles. The number of carbonyl (C=O) groups is 1. The molecular formula is C18H14F3NO. The summed E-state index contributed by atoms with van der Waals surface area (Å²) in [5.74, 6) is -0.0296. The molecule has 0 N–H and O–H groups in total. The van der Waals surface area contributed by atoms with Crippen molar-refractivity contribution in [2.24, 2.45) is 0 Å². The average molecular weight is 317 g/mol. The van der Waals surface area contributed by atoms with E-state index in [-0.39, 0.29) is 5.91 Å². The first-order valence-electron chi connectivity index (χ1n) is 7.54. The normalized spacial score (nSPS) is 23.1. The van der Waals surface area contributed by atoms with Crippen LogP contribution in [0.1, 0.15) is 39.9 Å². The third kappa shape index (κ3) is 1.85. The summed E-state index contributed by atoms with van der Waals surface area (Å²) in [6.07, 6.45) is -2.77. The highest BCUT2D eigenvalue weighted by atomic mass is 19.4. The van der Waals surface area contributed by atoms with Crippen molar-refractivity contribution >= 4 is 5.91 Å². The fraction of sp³-hybridized carbons (Fsp3) is 0.278. The third-order valence-electron chi connectivity index (χ3n) is 4.92. The van der Waals surface area contributed by atoms with Crippen molar-refractivity contribution in [2.75, 3.05) is 6.54 Å². The molecule has 2 aliphatic heterocycles. The predicted octanol–water partition coefficient (Wildman–Crippen LogP) is 4.20. The molecule has 23 heavy (non-hydrogen) atoms. The minimum Gasteiger partial charge on any atom is -0.325 e. The van der Waals surface area contributed by atoms with Gasteiger partial charge < -0.3 is 4.90 Å². The maximum Gasteiger partial charge on any atom is 0.416 e. The van der Waals surface area contributed by atoms with Gasteiger partial charge >= 0.3 is 6.18 Å². The lowest BCUT2D eigenvalue weighted by Gasteiger charge is -2.34. The predicted molar refractivity (Wildman–Crippen MR) is 78.9 cm³/mol. The standard InChI is InChI=1S/C18H14F3NO/c19-18(20,21)13-8-6-12(7-9-13)17-10-3-11-22(17)16(23)14-4-1-2-5-15(14)17/h1-2,4-9H,3,10-11H2. The summed E-state index contributed by atoms with van der Waals surface area (Å²) in [5, 5.41) is 0. The molecule has 0 bridgehead atoms. The van der Waals surface area contributed by atoms with E-state index in [1.54, 1.807) is 11.0 Å². The minimum absolute atomic E-state index is 0.0296. The summed E-state index contributed by atoms with van der Waals surface area (Å²) in [5.41, 5.74) is 1.04. The quantitative estimate of drug-likeness (QED) is 0.772. The summed E-state index contributed by atoms with van der Waals surface area (Å²) in [4.78, 5) is 14.4. The molecule has 0 spiro atoms. The van der Waals surface area contributed by atoms with E-state index in [2.05, 4.69) is 0 Å². The molecule has 2 aromatic carbocycles. The van der Waals surface area contributed by atoms with Gasteiger partial charge in [0.05, 0.1) is 11.1 Å². The van der Waals surface area contributed by atoms with Crippen LogP contribution in [0.15, 0.2) is 48.5 Å². The lowest BCUT2D eigenvalue weighted by molar-refractivity contribution is -0.137. The van der Waals surface area contributed by atoms with Crippen LogP contribution in [-0.4, -0.2) is 17.4 Å². The number of amides is 1. The molecule has 0 saturated carbocycles. The second-order valence-corrected chi connectivity index (χ2v) is 6.04. The van der Waals surface area contributed by atoms with E-state index < -0.39 is 17.3 Å². The number of alkyl halides is 3. The maximum atomic E-state index is 12.8. The molecule has 1 fully saturated rings. The van der Waals surface area contributed by atoms with Crippen LogP contribution in [0.4, 0.5) is 13.2 Å². The van der Waals surface area contributed by atoms with E-state index in [1.165, 1.54) is 12.1 Å². The van der Waals surface area contributed by atoms with E-state index in [9.17, 15) is 18.0 Å². The lowest BCUT2D eigenvalue weighted by atomic mass is 9.81. The Morgan fingerprint density at radius 2 is 1.70 bits per heavy atom. The van der Waals surface area contributed by atoms with E-state index in [0.717, 1.165) is 36.1 Å². The number of carbonyl (C=O) groups excluding carboxylic acids is 1. The van der Waals surface area contributed by atoms with Gasteiger partial charge in [0, 0.05) is 12.1 Å². The van der Waals surface area contributed by atoms with Crippen LogP contribution < -0.4 is 0 Å². The van der Waals surface area contributed by atoms with Crippen molar-refractivity contribution in [1.82, 2.24) is 4.90 Å². The first kappa shape index (κ1) is 14.3.